The molecule has 0 radical (unpaired) electrons. The lowest BCUT2D eigenvalue weighted by Gasteiger charge is -2.33. The van der Waals surface area contributed by atoms with E-state index in [4.69, 9.17) is 5.73 Å². The van der Waals surface area contributed by atoms with E-state index in [2.05, 4.69) is 26.6 Å². The lowest BCUT2D eigenvalue weighted by atomic mass is 9.97. The maximum Gasteiger partial charge on any atom is 0.326 e. The number of aliphatic hydroxyl groups is 1. The van der Waals surface area contributed by atoms with Gasteiger partial charge in [0.05, 0.1) is 18.6 Å². The van der Waals surface area contributed by atoms with Crippen LogP contribution in [0.2, 0.25) is 0 Å². The van der Waals surface area contributed by atoms with Gasteiger partial charge in [0.15, 0.2) is 0 Å². The Labute approximate surface area is 326 Å². The summed E-state index contributed by atoms with van der Waals surface area (Å²) in [6.07, 6.45) is -0.538. The van der Waals surface area contributed by atoms with Crippen molar-refractivity contribution in [3.05, 3.63) is 0 Å². The van der Waals surface area contributed by atoms with E-state index in [-0.39, 0.29) is 37.8 Å². The van der Waals surface area contributed by atoms with Crippen LogP contribution in [-0.2, 0) is 43.2 Å². The molecule has 0 aliphatic carbocycles. The van der Waals surface area contributed by atoms with Crippen molar-refractivity contribution in [2.45, 2.75) is 148 Å². The Hall–Kier alpha value is -4.85. The molecule has 56 heavy (non-hydrogen) atoms. The van der Waals surface area contributed by atoms with Gasteiger partial charge in [-0.15, -0.1) is 0 Å². The first-order valence-electron chi connectivity index (χ1n) is 19.1. The van der Waals surface area contributed by atoms with Crippen molar-refractivity contribution in [3.63, 3.8) is 0 Å². The van der Waals surface area contributed by atoms with Crippen LogP contribution in [0, 0.1) is 11.8 Å². The molecule has 10 unspecified atom stereocenters. The van der Waals surface area contributed by atoms with E-state index < -0.39 is 114 Å². The Balaban J connectivity index is 2.15. The number of aliphatic carboxylic acids is 2. The Morgan fingerprint density at radius 1 is 0.679 bits per heavy atom. The van der Waals surface area contributed by atoms with E-state index in [0.29, 0.717) is 25.7 Å². The van der Waals surface area contributed by atoms with Crippen LogP contribution >= 0.6 is 0 Å². The average molecular weight is 797 g/mol. The lowest BCUT2D eigenvalue weighted by molar-refractivity contribution is -0.145. The van der Waals surface area contributed by atoms with Crippen LogP contribution in [0.1, 0.15) is 93.4 Å². The van der Waals surface area contributed by atoms with Gasteiger partial charge in [-0.25, -0.2) is 4.79 Å². The zero-order chi connectivity index (χ0) is 42.6. The highest BCUT2D eigenvalue weighted by Gasteiger charge is 2.42. The fourth-order valence-electron chi connectivity index (χ4n) is 6.64. The van der Waals surface area contributed by atoms with Crippen molar-refractivity contribution in [3.8, 4) is 0 Å². The number of rotatable bonds is 20. The van der Waals surface area contributed by atoms with Gasteiger partial charge in [-0.2, -0.15) is 0 Å². The predicted octanol–water partition coefficient (Wildman–Crippen LogP) is -2.21. The molecule has 0 saturated carbocycles. The molecule has 0 spiro atoms. The highest BCUT2D eigenvalue weighted by Crippen LogP contribution is 2.23. The first kappa shape index (κ1) is 47.3. The molecular formula is C36H60N8O12. The van der Waals surface area contributed by atoms with Gasteiger partial charge in [0.2, 0.25) is 41.4 Å². The SMILES string of the molecule is CCC(C)C(NC(=O)C(C)N)C(=O)N1CCCC1C(=O)NC(C)C(=O)N1CCCC1C(=O)NC(C(=O)NC(CC(=O)O)C(=O)NC(CC(C)C)C(=O)O)C(C)O. The summed E-state index contributed by atoms with van der Waals surface area (Å²) in [5.41, 5.74) is 5.70. The number of carboxylic acid groups (broad SMARTS) is 2. The van der Waals surface area contributed by atoms with E-state index in [0.717, 1.165) is 0 Å². The fourth-order valence-corrected chi connectivity index (χ4v) is 6.64. The first-order valence-corrected chi connectivity index (χ1v) is 19.1. The zero-order valence-corrected chi connectivity index (χ0v) is 33.2. The number of hydrogen-bond acceptors (Lipinski definition) is 11. The van der Waals surface area contributed by atoms with Gasteiger partial charge in [-0.05, 0) is 64.7 Å². The molecule has 2 saturated heterocycles. The molecule has 7 amide bonds. The molecular weight excluding hydrogens is 736 g/mol. The third-order valence-corrected chi connectivity index (χ3v) is 9.99. The molecule has 2 rings (SSSR count). The molecule has 2 fully saturated rings. The number of nitrogens with one attached hydrogen (secondary N) is 5. The van der Waals surface area contributed by atoms with Crippen molar-refractivity contribution in [1.82, 2.24) is 36.4 Å². The third kappa shape index (κ3) is 13.1. The van der Waals surface area contributed by atoms with Crippen LogP contribution in [0.5, 0.6) is 0 Å². The van der Waals surface area contributed by atoms with Gasteiger partial charge in [0.1, 0.15) is 42.3 Å². The van der Waals surface area contributed by atoms with E-state index in [9.17, 15) is 58.5 Å². The van der Waals surface area contributed by atoms with Gasteiger partial charge in [-0.1, -0.05) is 34.1 Å². The smallest absolute Gasteiger partial charge is 0.326 e. The standard InChI is InChI=1S/C36H60N8O12/c1-8-18(4)27(41-29(48)19(5)37)35(54)44-14-10-11-24(44)31(50)38-20(6)34(53)43-13-9-12-25(43)32(51)42-28(21(7)45)33(52)39-22(16-26(46)47)30(49)40-23(36(55)56)15-17(2)3/h17-25,27-28,45H,8-16,37H2,1-7H3,(H,38,50)(H,39,52)(H,40,49)(H,41,48)(H,42,51)(H,46,47)(H,55,56). The predicted molar refractivity (Wildman–Crippen MR) is 199 cm³/mol. The van der Waals surface area contributed by atoms with Crippen LogP contribution < -0.4 is 32.3 Å². The number of aliphatic hydroxyl groups excluding tert-OH is 1. The quantitative estimate of drug-likeness (QED) is 0.0632. The summed E-state index contributed by atoms with van der Waals surface area (Å²) in [4.78, 5) is 119. The lowest BCUT2D eigenvalue weighted by Crippen LogP contribution is -2.61. The zero-order valence-electron chi connectivity index (χ0n) is 33.2. The maximum absolute atomic E-state index is 13.6. The Morgan fingerprint density at radius 3 is 1.66 bits per heavy atom. The minimum Gasteiger partial charge on any atom is -0.481 e. The van der Waals surface area contributed by atoms with Gasteiger partial charge < -0.3 is 57.4 Å². The van der Waals surface area contributed by atoms with E-state index in [1.54, 1.807) is 20.8 Å². The molecule has 20 nitrogen and oxygen atoms in total. The molecule has 0 bridgehead atoms. The topological polar surface area (TPSA) is 307 Å². The molecule has 2 aliphatic rings. The van der Waals surface area contributed by atoms with Crippen LogP contribution in [-0.4, -0.2) is 146 Å². The second kappa shape index (κ2) is 21.5. The number of carbonyl (C=O) groups excluding carboxylic acids is 7. The second-order valence-corrected chi connectivity index (χ2v) is 15.2. The van der Waals surface area contributed by atoms with E-state index in [1.807, 2.05) is 6.92 Å². The molecule has 0 aromatic rings. The Kier molecular flexibility index (Phi) is 18.1. The Morgan fingerprint density at radius 2 is 1.20 bits per heavy atom. The second-order valence-electron chi connectivity index (χ2n) is 15.2. The van der Waals surface area contributed by atoms with Gasteiger partial charge in [0, 0.05) is 13.1 Å². The number of carboxylic acids is 2. The van der Waals surface area contributed by atoms with E-state index >= 15 is 0 Å². The van der Waals surface area contributed by atoms with Crippen LogP contribution in [0.4, 0.5) is 0 Å². The summed E-state index contributed by atoms with van der Waals surface area (Å²) in [5, 5.41) is 41.5. The Bertz CT molecular complexity index is 1470. The molecule has 10 N–H and O–H groups in total. The van der Waals surface area contributed by atoms with Crippen molar-refractivity contribution < 1.29 is 58.5 Å². The third-order valence-electron chi connectivity index (χ3n) is 9.99. The summed E-state index contributed by atoms with van der Waals surface area (Å²) in [7, 11) is 0. The first-order chi connectivity index (χ1) is 26.1. The summed E-state index contributed by atoms with van der Waals surface area (Å²) < 4.78 is 0. The van der Waals surface area contributed by atoms with Crippen molar-refractivity contribution in [2.75, 3.05) is 13.1 Å². The highest BCUT2D eigenvalue weighted by atomic mass is 16.4. The average Bonchev–Trinajstić information content (AvgIpc) is 3.81. The molecule has 2 heterocycles. The normalized spacial score (nSPS) is 21.0. The minimum atomic E-state index is -1.76. The summed E-state index contributed by atoms with van der Waals surface area (Å²) in [6.45, 7) is 11.6. The van der Waals surface area contributed by atoms with Gasteiger partial charge >= 0.3 is 11.9 Å². The number of likely N-dealkylation sites (tertiary alicyclic amines) is 2. The van der Waals surface area contributed by atoms with Crippen LogP contribution in [0.3, 0.4) is 0 Å². The number of carbonyl (C=O) groups is 9. The number of hydrogen-bond donors (Lipinski definition) is 9. The van der Waals surface area contributed by atoms with Crippen LogP contribution in [0.15, 0.2) is 0 Å². The molecule has 0 aromatic heterocycles. The largest absolute Gasteiger partial charge is 0.481 e. The maximum atomic E-state index is 13.6. The number of nitrogens with two attached hydrogens (primary N) is 1. The van der Waals surface area contributed by atoms with Gasteiger partial charge in [-0.3, -0.25) is 38.4 Å². The fraction of sp³-hybridized carbons (Fsp3) is 0.750. The molecule has 20 heteroatoms. The van der Waals surface area contributed by atoms with Crippen molar-refractivity contribution in [2.24, 2.45) is 17.6 Å². The summed E-state index contributed by atoms with van der Waals surface area (Å²) in [6, 6.07) is -9.81. The molecule has 316 valence electrons. The molecule has 2 aliphatic heterocycles. The monoisotopic (exact) mass is 796 g/mol. The van der Waals surface area contributed by atoms with Crippen molar-refractivity contribution >= 4 is 53.3 Å². The molecule has 0 aromatic carbocycles. The summed E-state index contributed by atoms with van der Waals surface area (Å²) >= 11 is 0. The van der Waals surface area contributed by atoms with Crippen molar-refractivity contribution in [1.29, 1.82) is 0 Å². The number of nitrogens with zero attached hydrogens (tertiary/aromatic N) is 2. The van der Waals surface area contributed by atoms with Gasteiger partial charge in [0.25, 0.3) is 0 Å². The minimum absolute atomic E-state index is 0.0214. The number of amides is 7. The van der Waals surface area contributed by atoms with Crippen LogP contribution in [0.25, 0.3) is 0 Å². The highest BCUT2D eigenvalue weighted by molar-refractivity contribution is 5.98. The van der Waals surface area contributed by atoms with E-state index in [1.165, 1.54) is 30.6 Å². The summed E-state index contributed by atoms with van der Waals surface area (Å²) in [5.74, 6) is -8.50. The molecule has 10 atom stereocenters.